The minimum absolute atomic E-state index is 0.474. The molecule has 0 aromatic heterocycles. The predicted molar refractivity (Wildman–Crippen MR) is 43.1 cm³/mol. The fourth-order valence-electron chi connectivity index (χ4n) is 1.32. The molecule has 1 aliphatic heterocycles. The second kappa shape index (κ2) is 4.20. The van der Waals surface area contributed by atoms with Gasteiger partial charge in [-0.15, -0.1) is 0 Å². The van der Waals surface area contributed by atoms with E-state index in [4.69, 9.17) is 20.7 Å². The molecule has 1 heterocycles. The van der Waals surface area contributed by atoms with Gasteiger partial charge in [-0.2, -0.15) is 0 Å². The van der Waals surface area contributed by atoms with Gasteiger partial charge in [0.1, 0.15) is 24.5 Å². The molecule has 7 heteroatoms. The minimum Gasteiger partial charge on any atom is -0.481 e. The summed E-state index contributed by atoms with van der Waals surface area (Å²) in [6, 6.07) is 0. The molecule has 0 unspecified atom stereocenters. The quantitative estimate of drug-likeness (QED) is 0.331. The normalized spacial score (nSPS) is 43.6. The van der Waals surface area contributed by atoms with Gasteiger partial charge >= 0.3 is 5.97 Å². The monoisotopic (exact) mass is 207 g/mol. The molecule has 5 atom stereocenters. The van der Waals surface area contributed by atoms with Gasteiger partial charge in [-0.1, -0.05) is 0 Å². The van der Waals surface area contributed by atoms with E-state index in [1.54, 1.807) is 0 Å². The average Bonchev–Trinajstić information content (AvgIpc) is 2.10. The lowest BCUT2D eigenvalue weighted by atomic mass is 9.96. The highest BCUT2D eigenvalue weighted by Crippen LogP contribution is 2.20. The van der Waals surface area contributed by atoms with Crippen molar-refractivity contribution in [2.24, 2.45) is 5.73 Å². The molecule has 6 N–H and O–H groups in total. The van der Waals surface area contributed by atoms with E-state index in [0.717, 1.165) is 0 Å². The lowest BCUT2D eigenvalue weighted by Crippen LogP contribution is -2.60. The van der Waals surface area contributed by atoms with Crippen molar-refractivity contribution in [3.8, 4) is 0 Å². The molecule has 82 valence electrons. The minimum atomic E-state index is -1.48. The summed E-state index contributed by atoms with van der Waals surface area (Å²) in [5.74, 6) is -1.18. The molecule has 0 spiro atoms. The second-order valence-electron chi connectivity index (χ2n) is 3.21. The Bertz CT molecular complexity index is 222. The van der Waals surface area contributed by atoms with Gasteiger partial charge in [-0.3, -0.25) is 4.79 Å². The van der Waals surface area contributed by atoms with Crippen LogP contribution in [0.15, 0.2) is 0 Å². The van der Waals surface area contributed by atoms with E-state index < -0.39 is 43.0 Å². The molecule has 1 aliphatic rings. The third kappa shape index (κ3) is 2.20. The number of carboxylic acid groups (broad SMARTS) is 1. The number of ether oxygens (including phenoxy) is 1. The van der Waals surface area contributed by atoms with Crippen LogP contribution in [-0.2, 0) is 9.53 Å². The molecule has 1 fully saturated rings. The van der Waals surface area contributed by atoms with Crippen LogP contribution in [0.2, 0.25) is 0 Å². The number of aliphatic carboxylic acids is 1. The fourth-order valence-corrected chi connectivity index (χ4v) is 1.32. The zero-order valence-corrected chi connectivity index (χ0v) is 7.28. The molecular weight excluding hydrogens is 194 g/mol. The first-order chi connectivity index (χ1) is 6.43. The SMILES string of the molecule is N[C@H]1O[C@@H](CC(=O)O)[C@H](O)[C@@H](O)[C@@H]1O. The molecule has 7 nitrogen and oxygen atoms in total. The highest BCUT2D eigenvalue weighted by Gasteiger charge is 2.42. The van der Waals surface area contributed by atoms with Crippen LogP contribution in [0.25, 0.3) is 0 Å². The summed E-state index contributed by atoms with van der Waals surface area (Å²) in [6.45, 7) is 0. The number of hydrogen-bond donors (Lipinski definition) is 5. The van der Waals surface area contributed by atoms with E-state index in [1.807, 2.05) is 0 Å². The number of rotatable bonds is 2. The van der Waals surface area contributed by atoms with Crippen molar-refractivity contribution < 1.29 is 30.0 Å². The highest BCUT2D eigenvalue weighted by molar-refractivity contribution is 5.67. The van der Waals surface area contributed by atoms with Crippen molar-refractivity contribution in [3.05, 3.63) is 0 Å². The summed E-state index contributed by atoms with van der Waals surface area (Å²) < 4.78 is 4.83. The number of hydrogen-bond acceptors (Lipinski definition) is 6. The van der Waals surface area contributed by atoms with Crippen LogP contribution >= 0.6 is 0 Å². The first kappa shape index (κ1) is 11.3. The number of nitrogens with two attached hydrogens (primary N) is 1. The Hall–Kier alpha value is -0.730. The Balaban J connectivity index is 2.65. The summed E-state index contributed by atoms with van der Waals surface area (Å²) >= 11 is 0. The molecule has 0 saturated carbocycles. The Morgan fingerprint density at radius 3 is 2.29 bits per heavy atom. The summed E-state index contributed by atoms with van der Waals surface area (Å²) in [7, 11) is 0. The van der Waals surface area contributed by atoms with E-state index >= 15 is 0 Å². The Morgan fingerprint density at radius 1 is 1.21 bits per heavy atom. The standard InChI is InChI=1S/C7H13NO6/c8-7-6(13)5(12)4(11)2(14-7)1-3(9)10/h2,4-7,11-13H,1,8H2,(H,9,10)/t2-,4-,5+,6-,7-/m0/s1. The van der Waals surface area contributed by atoms with Crippen molar-refractivity contribution in [3.63, 3.8) is 0 Å². The van der Waals surface area contributed by atoms with Crippen molar-refractivity contribution in [2.75, 3.05) is 0 Å². The van der Waals surface area contributed by atoms with Crippen LogP contribution in [0.1, 0.15) is 6.42 Å². The first-order valence-electron chi connectivity index (χ1n) is 4.10. The zero-order valence-electron chi connectivity index (χ0n) is 7.28. The van der Waals surface area contributed by atoms with Gasteiger partial charge in [0.05, 0.1) is 12.5 Å². The maximum atomic E-state index is 10.3. The maximum absolute atomic E-state index is 10.3. The first-order valence-corrected chi connectivity index (χ1v) is 4.10. The number of aliphatic hydroxyl groups excluding tert-OH is 3. The Kier molecular flexibility index (Phi) is 3.40. The molecular formula is C7H13NO6. The zero-order chi connectivity index (χ0) is 10.9. The van der Waals surface area contributed by atoms with Crippen LogP contribution in [0.4, 0.5) is 0 Å². The highest BCUT2D eigenvalue weighted by atomic mass is 16.5. The number of carbonyl (C=O) groups is 1. The van der Waals surface area contributed by atoms with Crippen LogP contribution < -0.4 is 5.73 Å². The second-order valence-corrected chi connectivity index (χ2v) is 3.21. The predicted octanol–water partition coefficient (Wildman–Crippen LogP) is -2.77. The summed E-state index contributed by atoms with van der Waals surface area (Å²) in [4.78, 5) is 10.3. The van der Waals surface area contributed by atoms with Crippen LogP contribution in [-0.4, -0.2) is 57.0 Å². The topological polar surface area (TPSA) is 133 Å². The summed E-state index contributed by atoms with van der Waals surface area (Å²) in [6.07, 6.45) is -7.09. The van der Waals surface area contributed by atoms with Crippen molar-refractivity contribution in [2.45, 2.75) is 37.1 Å². The van der Waals surface area contributed by atoms with E-state index in [1.165, 1.54) is 0 Å². The van der Waals surface area contributed by atoms with Gasteiger partial charge in [0.2, 0.25) is 0 Å². The molecule has 0 radical (unpaired) electrons. The van der Waals surface area contributed by atoms with Crippen molar-refractivity contribution in [1.29, 1.82) is 0 Å². The summed E-state index contributed by atoms with van der Waals surface area (Å²) in [5, 5.41) is 36.2. The molecule has 14 heavy (non-hydrogen) atoms. The van der Waals surface area contributed by atoms with E-state index in [-0.39, 0.29) is 0 Å². The molecule has 1 saturated heterocycles. The molecule has 0 bridgehead atoms. The van der Waals surface area contributed by atoms with Crippen LogP contribution in [0.5, 0.6) is 0 Å². The van der Waals surface area contributed by atoms with E-state index in [2.05, 4.69) is 0 Å². The maximum Gasteiger partial charge on any atom is 0.306 e. The lowest BCUT2D eigenvalue weighted by Gasteiger charge is -2.38. The van der Waals surface area contributed by atoms with Gasteiger partial charge in [0.25, 0.3) is 0 Å². The van der Waals surface area contributed by atoms with E-state index in [0.29, 0.717) is 0 Å². The average molecular weight is 207 g/mol. The van der Waals surface area contributed by atoms with Gasteiger partial charge in [0, 0.05) is 0 Å². The Labute approximate surface area is 79.7 Å². The van der Waals surface area contributed by atoms with Crippen molar-refractivity contribution >= 4 is 5.97 Å². The Morgan fingerprint density at radius 2 is 1.79 bits per heavy atom. The number of carboxylic acids is 1. The van der Waals surface area contributed by atoms with Crippen LogP contribution in [0.3, 0.4) is 0 Å². The molecule has 0 aromatic rings. The van der Waals surface area contributed by atoms with Crippen LogP contribution in [0, 0.1) is 0 Å². The summed E-state index contributed by atoms with van der Waals surface area (Å²) in [5.41, 5.74) is 5.26. The third-order valence-corrected chi connectivity index (χ3v) is 2.13. The fraction of sp³-hybridized carbons (Fsp3) is 0.857. The number of aliphatic hydroxyl groups is 3. The van der Waals surface area contributed by atoms with Gasteiger partial charge < -0.3 is 30.9 Å². The smallest absolute Gasteiger partial charge is 0.306 e. The molecule has 0 aliphatic carbocycles. The largest absolute Gasteiger partial charge is 0.481 e. The lowest BCUT2D eigenvalue weighted by molar-refractivity contribution is -0.222. The van der Waals surface area contributed by atoms with Gasteiger partial charge in [-0.25, -0.2) is 0 Å². The van der Waals surface area contributed by atoms with E-state index in [9.17, 15) is 15.0 Å². The van der Waals surface area contributed by atoms with Gasteiger partial charge in [-0.05, 0) is 0 Å². The molecule has 1 rings (SSSR count). The van der Waals surface area contributed by atoms with Gasteiger partial charge in [0.15, 0.2) is 0 Å². The van der Waals surface area contributed by atoms with Crippen molar-refractivity contribution in [1.82, 2.24) is 0 Å². The molecule has 0 aromatic carbocycles. The third-order valence-electron chi connectivity index (χ3n) is 2.13. The molecule has 0 amide bonds.